The van der Waals surface area contributed by atoms with Gasteiger partial charge in [0.1, 0.15) is 0 Å². The predicted molar refractivity (Wildman–Crippen MR) is 152 cm³/mol. The van der Waals surface area contributed by atoms with E-state index in [1.807, 2.05) is 0 Å². The molecule has 1 unspecified atom stereocenters. The van der Waals surface area contributed by atoms with Gasteiger partial charge >= 0.3 is 0 Å². The number of hydrogen-bond acceptors (Lipinski definition) is 1. The number of hydrogen-bond donors (Lipinski definition) is 1. The molecular weight excluding hydrogens is 434 g/mol. The van der Waals surface area contributed by atoms with Gasteiger partial charge in [-0.2, -0.15) is 0 Å². The van der Waals surface area contributed by atoms with Gasteiger partial charge in [-0.05, 0) is 69.9 Å². The third-order valence-electron chi connectivity index (χ3n) is 7.60. The number of benzene rings is 4. The number of fused-ring (bicyclic) bond motifs is 3. The molecule has 6 rings (SSSR count). The van der Waals surface area contributed by atoms with Gasteiger partial charge in [-0.25, -0.2) is 0 Å². The van der Waals surface area contributed by atoms with E-state index in [0.29, 0.717) is 0 Å². The molecule has 4 aromatic rings. The molecule has 0 spiro atoms. The van der Waals surface area contributed by atoms with Crippen molar-refractivity contribution in [2.24, 2.45) is 0 Å². The van der Waals surface area contributed by atoms with Crippen molar-refractivity contribution in [2.75, 3.05) is 0 Å². The summed E-state index contributed by atoms with van der Waals surface area (Å²) in [6.45, 7) is 3.04. The summed E-state index contributed by atoms with van der Waals surface area (Å²) < 4.78 is 0. The molecule has 0 amide bonds. The summed E-state index contributed by atoms with van der Waals surface area (Å²) in [4.78, 5) is 0. The van der Waals surface area contributed by atoms with E-state index < -0.39 is 0 Å². The molecule has 1 N–H and O–H groups in total. The van der Waals surface area contributed by atoms with E-state index in [4.69, 9.17) is 0 Å². The van der Waals surface area contributed by atoms with E-state index in [0.717, 1.165) is 19.4 Å². The lowest BCUT2D eigenvalue weighted by molar-refractivity contribution is 0.751. The average Bonchev–Trinajstić information content (AvgIpc) is 3.26. The maximum absolute atomic E-state index is 3.55. The van der Waals surface area contributed by atoms with Crippen LogP contribution >= 0.6 is 0 Å². The van der Waals surface area contributed by atoms with Crippen molar-refractivity contribution in [3.05, 3.63) is 161 Å². The Kier molecular flexibility index (Phi) is 5.91. The molecule has 36 heavy (non-hydrogen) atoms. The van der Waals surface area contributed by atoms with Crippen molar-refractivity contribution in [1.82, 2.24) is 5.32 Å². The van der Waals surface area contributed by atoms with Gasteiger partial charge in [-0.3, -0.25) is 0 Å². The first kappa shape index (κ1) is 22.4. The first-order valence-corrected chi connectivity index (χ1v) is 12.9. The van der Waals surface area contributed by atoms with E-state index in [9.17, 15) is 0 Å². The third kappa shape index (κ3) is 3.63. The van der Waals surface area contributed by atoms with Crippen LogP contribution in [0.1, 0.15) is 47.6 Å². The molecule has 2 aliphatic rings. The van der Waals surface area contributed by atoms with Crippen LogP contribution in [-0.4, -0.2) is 0 Å². The highest BCUT2D eigenvalue weighted by Gasteiger charge is 2.47. The topological polar surface area (TPSA) is 12.0 Å². The zero-order valence-corrected chi connectivity index (χ0v) is 20.7. The van der Waals surface area contributed by atoms with Crippen molar-refractivity contribution < 1.29 is 0 Å². The predicted octanol–water partition coefficient (Wildman–Crippen LogP) is 8.43. The van der Waals surface area contributed by atoms with E-state index in [1.165, 1.54) is 50.1 Å². The normalized spacial score (nSPS) is 18.4. The minimum Gasteiger partial charge on any atom is -0.387 e. The van der Waals surface area contributed by atoms with Crippen LogP contribution in [0.3, 0.4) is 0 Å². The first-order valence-electron chi connectivity index (χ1n) is 12.9. The van der Waals surface area contributed by atoms with Gasteiger partial charge in [0.2, 0.25) is 0 Å². The summed E-state index contributed by atoms with van der Waals surface area (Å²) in [6.07, 6.45) is 11.5. The van der Waals surface area contributed by atoms with Crippen LogP contribution in [0.25, 0.3) is 16.7 Å². The molecule has 0 fully saturated rings. The van der Waals surface area contributed by atoms with Gasteiger partial charge in [0, 0.05) is 12.7 Å². The van der Waals surface area contributed by atoms with Gasteiger partial charge in [0.05, 0.1) is 5.41 Å². The van der Waals surface area contributed by atoms with Crippen molar-refractivity contribution in [3.8, 4) is 11.1 Å². The molecule has 0 saturated carbocycles. The van der Waals surface area contributed by atoms with Gasteiger partial charge in [0.15, 0.2) is 0 Å². The zero-order chi connectivity index (χ0) is 24.4. The Bertz CT molecular complexity index is 1470. The lowest BCUT2D eigenvalue weighted by Crippen LogP contribution is -2.29. The van der Waals surface area contributed by atoms with Crippen LogP contribution in [0.2, 0.25) is 0 Å². The Morgan fingerprint density at radius 1 is 0.778 bits per heavy atom. The molecule has 176 valence electrons. The largest absolute Gasteiger partial charge is 0.387 e. The van der Waals surface area contributed by atoms with Crippen LogP contribution < -0.4 is 5.32 Å². The fourth-order valence-electron chi connectivity index (χ4n) is 6.02. The second-order valence-electron chi connectivity index (χ2n) is 9.72. The van der Waals surface area contributed by atoms with Crippen molar-refractivity contribution in [3.63, 3.8) is 0 Å². The fraction of sp³-hybridized carbons (Fsp3) is 0.143. The number of rotatable bonds is 6. The lowest BCUT2D eigenvalue weighted by Gasteiger charge is -2.35. The fourth-order valence-corrected chi connectivity index (χ4v) is 6.02. The lowest BCUT2D eigenvalue weighted by atomic mass is 9.66. The average molecular weight is 466 g/mol. The molecule has 0 heterocycles. The Hall–Kier alpha value is -4.10. The second-order valence-corrected chi connectivity index (χ2v) is 9.72. The Morgan fingerprint density at radius 2 is 1.50 bits per heavy atom. The minimum absolute atomic E-state index is 0.308. The molecule has 4 aromatic carbocycles. The maximum atomic E-state index is 3.55. The van der Waals surface area contributed by atoms with E-state index in [-0.39, 0.29) is 5.41 Å². The van der Waals surface area contributed by atoms with Crippen LogP contribution in [0.5, 0.6) is 0 Å². The highest BCUT2D eigenvalue weighted by atomic mass is 14.8. The summed E-state index contributed by atoms with van der Waals surface area (Å²) in [5.74, 6) is 0. The van der Waals surface area contributed by atoms with E-state index in [2.05, 4.69) is 140 Å². The van der Waals surface area contributed by atoms with Crippen LogP contribution in [-0.2, 0) is 12.0 Å². The SMILES string of the molecule is C/C(=C\NCc1ccccc1)c1cccc2c1-c1ccccc1C2(C1=CCCC=C1)c1ccccc1. The van der Waals surface area contributed by atoms with Gasteiger partial charge in [-0.1, -0.05) is 121 Å². The summed E-state index contributed by atoms with van der Waals surface area (Å²) in [6, 6.07) is 37.5. The Balaban J connectivity index is 1.53. The first-order chi connectivity index (χ1) is 17.8. The van der Waals surface area contributed by atoms with Crippen molar-refractivity contribution >= 4 is 5.57 Å². The number of nitrogens with one attached hydrogen (secondary N) is 1. The summed E-state index contributed by atoms with van der Waals surface area (Å²) >= 11 is 0. The van der Waals surface area contributed by atoms with Gasteiger partial charge in [-0.15, -0.1) is 0 Å². The molecule has 0 saturated heterocycles. The van der Waals surface area contributed by atoms with Crippen molar-refractivity contribution in [2.45, 2.75) is 31.7 Å². The monoisotopic (exact) mass is 465 g/mol. The molecule has 0 aromatic heterocycles. The summed E-state index contributed by atoms with van der Waals surface area (Å²) in [5.41, 5.74) is 11.7. The van der Waals surface area contributed by atoms with Crippen LogP contribution in [0.15, 0.2) is 133 Å². The third-order valence-corrected chi connectivity index (χ3v) is 7.60. The Morgan fingerprint density at radius 3 is 2.28 bits per heavy atom. The van der Waals surface area contributed by atoms with E-state index in [1.54, 1.807) is 0 Å². The van der Waals surface area contributed by atoms with Crippen LogP contribution in [0, 0.1) is 0 Å². The standard InChI is InChI=1S/C35H31N/c1-26(24-36-25-27-14-5-2-6-15-27)30-21-13-23-33-34(30)31-20-11-12-22-32(31)35(33,28-16-7-3-8-17-28)29-18-9-4-10-19-29/h2-3,5-9,11-24,36H,4,10,25H2,1H3/b26-24+. The summed E-state index contributed by atoms with van der Waals surface area (Å²) in [7, 11) is 0. The quantitative estimate of drug-likeness (QED) is 0.301. The molecular formula is C35H31N. The molecule has 2 aliphatic carbocycles. The highest BCUT2D eigenvalue weighted by molar-refractivity contribution is 5.93. The van der Waals surface area contributed by atoms with E-state index >= 15 is 0 Å². The van der Waals surface area contributed by atoms with Crippen molar-refractivity contribution in [1.29, 1.82) is 0 Å². The van der Waals surface area contributed by atoms with Crippen LogP contribution in [0.4, 0.5) is 0 Å². The van der Waals surface area contributed by atoms with Gasteiger partial charge < -0.3 is 5.32 Å². The number of allylic oxidation sites excluding steroid dienone is 5. The molecule has 0 bridgehead atoms. The molecule has 1 heteroatoms. The smallest absolute Gasteiger partial charge is 0.0710 e. The molecule has 1 nitrogen and oxygen atoms in total. The maximum Gasteiger partial charge on any atom is 0.0710 e. The second kappa shape index (κ2) is 9.51. The molecule has 0 radical (unpaired) electrons. The minimum atomic E-state index is -0.308. The zero-order valence-electron chi connectivity index (χ0n) is 20.7. The molecule has 0 aliphatic heterocycles. The summed E-state index contributed by atoms with van der Waals surface area (Å²) in [5, 5.41) is 3.55. The van der Waals surface area contributed by atoms with Gasteiger partial charge in [0.25, 0.3) is 0 Å². The highest BCUT2D eigenvalue weighted by Crippen LogP contribution is 2.58. The molecule has 1 atom stereocenters. The Labute approximate surface area is 214 Å².